The van der Waals surface area contributed by atoms with Gasteiger partial charge in [-0.25, -0.2) is 13.8 Å². The first kappa shape index (κ1) is 18.9. The van der Waals surface area contributed by atoms with Gasteiger partial charge in [-0.05, 0) is 55.3 Å². The van der Waals surface area contributed by atoms with E-state index in [9.17, 15) is 13.6 Å². The molecule has 1 saturated heterocycles. The second kappa shape index (κ2) is 7.60. The first-order valence-electron chi connectivity index (χ1n) is 9.73. The zero-order valence-corrected chi connectivity index (χ0v) is 16.8. The first-order valence-corrected chi connectivity index (χ1v) is 10.5. The molecule has 2 aromatic carbocycles. The number of thiazole rings is 1. The van der Waals surface area contributed by atoms with Gasteiger partial charge >= 0.3 is 0 Å². The molecule has 152 valence electrons. The van der Waals surface area contributed by atoms with Crippen LogP contribution >= 0.6 is 11.3 Å². The van der Waals surface area contributed by atoms with Gasteiger partial charge in [0.2, 0.25) is 5.91 Å². The molecule has 8 heteroatoms. The maximum absolute atomic E-state index is 13.8. The maximum atomic E-state index is 13.8. The summed E-state index contributed by atoms with van der Waals surface area (Å²) in [7, 11) is 0. The molecule has 3 heterocycles. The Labute approximate surface area is 175 Å². The molecule has 1 amide bonds. The molecule has 1 unspecified atom stereocenters. The summed E-state index contributed by atoms with van der Waals surface area (Å²) in [5.74, 6) is -0.966. The summed E-state index contributed by atoms with van der Waals surface area (Å²) in [5.41, 5.74) is 2.27. The molecule has 4 aromatic rings. The fourth-order valence-corrected chi connectivity index (χ4v) is 4.84. The van der Waals surface area contributed by atoms with E-state index in [-0.39, 0.29) is 23.5 Å². The summed E-state index contributed by atoms with van der Waals surface area (Å²) in [6.07, 6.45) is 3.32. The first-order chi connectivity index (χ1) is 14.6. The number of fused-ring (bicyclic) bond motifs is 2. The van der Waals surface area contributed by atoms with Crippen molar-refractivity contribution in [2.24, 2.45) is 5.92 Å². The van der Waals surface area contributed by atoms with E-state index >= 15 is 0 Å². The molecule has 5 rings (SSSR count). The number of aromatic nitrogens is 2. The molecule has 0 saturated carbocycles. The number of hydrogen-bond acceptors (Lipinski definition) is 5. The topological polar surface area (TPSA) is 58.1 Å². The Balaban J connectivity index is 1.36. The Morgan fingerprint density at radius 3 is 2.77 bits per heavy atom. The molecule has 0 bridgehead atoms. The number of nitrogens with zero attached hydrogens (tertiary/aromatic N) is 3. The van der Waals surface area contributed by atoms with Crippen molar-refractivity contribution in [3.8, 4) is 0 Å². The van der Waals surface area contributed by atoms with Gasteiger partial charge in [-0.2, -0.15) is 0 Å². The van der Waals surface area contributed by atoms with Gasteiger partial charge in [0.25, 0.3) is 0 Å². The van der Waals surface area contributed by atoms with E-state index < -0.39 is 0 Å². The number of halogens is 2. The number of rotatable bonds is 3. The van der Waals surface area contributed by atoms with Gasteiger partial charge in [-0.1, -0.05) is 11.3 Å². The van der Waals surface area contributed by atoms with Crippen LogP contribution in [0.4, 0.5) is 19.6 Å². The monoisotopic (exact) mass is 424 g/mol. The highest BCUT2D eigenvalue weighted by Gasteiger charge is 2.27. The fourth-order valence-electron chi connectivity index (χ4n) is 3.95. The number of piperidine rings is 1. The van der Waals surface area contributed by atoms with Gasteiger partial charge < -0.3 is 10.2 Å². The summed E-state index contributed by atoms with van der Waals surface area (Å²) >= 11 is 1.26. The Hall–Kier alpha value is -3.13. The second-order valence-electron chi connectivity index (χ2n) is 7.40. The van der Waals surface area contributed by atoms with E-state index in [0.717, 1.165) is 36.0 Å². The average Bonchev–Trinajstić information content (AvgIpc) is 3.14. The molecule has 0 radical (unpaired) electrons. The zero-order chi connectivity index (χ0) is 20.7. The third-order valence-electron chi connectivity index (χ3n) is 5.39. The van der Waals surface area contributed by atoms with Crippen LogP contribution in [0.15, 0.2) is 48.7 Å². The largest absolute Gasteiger partial charge is 0.370 e. The lowest BCUT2D eigenvalue weighted by Crippen LogP contribution is -2.40. The van der Waals surface area contributed by atoms with E-state index in [0.29, 0.717) is 21.9 Å². The molecular formula is C22H18F2N4OS. The molecule has 1 aliphatic rings. The van der Waals surface area contributed by atoms with Crippen molar-refractivity contribution < 1.29 is 13.6 Å². The second-order valence-corrected chi connectivity index (χ2v) is 8.43. The van der Waals surface area contributed by atoms with Crippen LogP contribution in [-0.2, 0) is 4.79 Å². The quantitative estimate of drug-likeness (QED) is 0.504. The van der Waals surface area contributed by atoms with Crippen molar-refractivity contribution in [3.05, 3.63) is 60.3 Å². The predicted molar refractivity (Wildman–Crippen MR) is 115 cm³/mol. The van der Waals surface area contributed by atoms with Crippen LogP contribution in [0.1, 0.15) is 12.8 Å². The molecule has 0 spiro atoms. The molecule has 2 aromatic heterocycles. The summed E-state index contributed by atoms with van der Waals surface area (Å²) in [5, 5.41) is 4.10. The van der Waals surface area contributed by atoms with Crippen molar-refractivity contribution >= 4 is 49.2 Å². The average molecular weight is 424 g/mol. The number of anilines is 2. The molecule has 1 aliphatic heterocycles. The molecule has 5 nitrogen and oxygen atoms in total. The fraction of sp³-hybridized carbons (Fsp3) is 0.227. The van der Waals surface area contributed by atoms with Crippen LogP contribution in [0.2, 0.25) is 0 Å². The van der Waals surface area contributed by atoms with Crippen molar-refractivity contribution in [2.45, 2.75) is 12.8 Å². The normalized spacial score (nSPS) is 16.9. The standard InChI is InChI=1S/C22H18F2N4OS/c23-14-3-5-17-16(10-14)19(7-8-25-17)28-9-1-2-13(12-28)21(29)27-22-26-18-6-4-15(24)11-20(18)30-22/h3-8,10-11,13H,1-2,9,12H2,(H,26,27,29). The molecule has 1 atom stereocenters. The van der Waals surface area contributed by atoms with Gasteiger partial charge in [-0.15, -0.1) is 0 Å². The number of benzene rings is 2. The third kappa shape index (κ3) is 3.59. The smallest absolute Gasteiger partial charge is 0.231 e. The molecule has 1 N–H and O–H groups in total. The Bertz CT molecular complexity index is 1260. The van der Waals surface area contributed by atoms with Crippen molar-refractivity contribution in [1.29, 1.82) is 0 Å². The van der Waals surface area contributed by atoms with Crippen LogP contribution in [0.3, 0.4) is 0 Å². The SMILES string of the molecule is O=C(Nc1nc2ccc(F)cc2s1)C1CCCN(c2ccnc3ccc(F)cc23)C1. The number of hydrogen-bond donors (Lipinski definition) is 1. The number of pyridine rings is 1. The van der Waals surface area contributed by atoms with Gasteiger partial charge in [0.05, 0.1) is 21.7 Å². The summed E-state index contributed by atoms with van der Waals surface area (Å²) in [6, 6.07) is 10.8. The van der Waals surface area contributed by atoms with Gasteiger partial charge in [0.1, 0.15) is 11.6 Å². The molecule has 30 heavy (non-hydrogen) atoms. The highest BCUT2D eigenvalue weighted by Crippen LogP contribution is 2.31. The van der Waals surface area contributed by atoms with Gasteiger partial charge in [0, 0.05) is 30.4 Å². The predicted octanol–water partition coefficient (Wildman–Crippen LogP) is 4.98. The Morgan fingerprint density at radius 2 is 1.90 bits per heavy atom. The zero-order valence-electron chi connectivity index (χ0n) is 15.9. The van der Waals surface area contributed by atoms with E-state index in [1.165, 1.54) is 35.6 Å². The van der Waals surface area contributed by atoms with E-state index in [4.69, 9.17) is 0 Å². The Kier molecular flexibility index (Phi) is 4.78. The molecule has 0 aliphatic carbocycles. The van der Waals surface area contributed by atoms with Gasteiger partial charge in [-0.3, -0.25) is 9.78 Å². The van der Waals surface area contributed by atoms with E-state index in [1.807, 2.05) is 6.07 Å². The number of nitrogens with one attached hydrogen (secondary N) is 1. The maximum Gasteiger partial charge on any atom is 0.231 e. The van der Waals surface area contributed by atoms with E-state index in [1.54, 1.807) is 18.3 Å². The van der Waals surface area contributed by atoms with Crippen LogP contribution in [0.5, 0.6) is 0 Å². The lowest BCUT2D eigenvalue weighted by Gasteiger charge is -2.34. The van der Waals surface area contributed by atoms with Crippen LogP contribution < -0.4 is 10.2 Å². The minimum atomic E-state index is -0.326. The highest BCUT2D eigenvalue weighted by molar-refractivity contribution is 7.22. The minimum Gasteiger partial charge on any atom is -0.370 e. The summed E-state index contributed by atoms with van der Waals surface area (Å²) < 4.78 is 27.9. The van der Waals surface area contributed by atoms with Crippen molar-refractivity contribution in [1.82, 2.24) is 9.97 Å². The highest BCUT2D eigenvalue weighted by atomic mass is 32.1. The third-order valence-corrected chi connectivity index (χ3v) is 6.33. The van der Waals surface area contributed by atoms with Crippen LogP contribution in [0, 0.1) is 17.6 Å². The Morgan fingerprint density at radius 1 is 1.10 bits per heavy atom. The van der Waals surface area contributed by atoms with Crippen LogP contribution in [0.25, 0.3) is 21.1 Å². The van der Waals surface area contributed by atoms with Crippen molar-refractivity contribution in [3.63, 3.8) is 0 Å². The van der Waals surface area contributed by atoms with Crippen LogP contribution in [-0.4, -0.2) is 29.0 Å². The number of carbonyl (C=O) groups excluding carboxylic acids is 1. The number of carbonyl (C=O) groups is 1. The lowest BCUT2D eigenvalue weighted by atomic mass is 9.96. The summed E-state index contributed by atoms with van der Waals surface area (Å²) in [4.78, 5) is 23.7. The lowest BCUT2D eigenvalue weighted by molar-refractivity contribution is -0.120. The molecular weight excluding hydrogens is 406 g/mol. The summed E-state index contributed by atoms with van der Waals surface area (Å²) in [6.45, 7) is 1.32. The van der Waals surface area contributed by atoms with Crippen molar-refractivity contribution in [2.75, 3.05) is 23.3 Å². The molecule has 1 fully saturated rings. The van der Waals surface area contributed by atoms with E-state index in [2.05, 4.69) is 20.2 Å². The van der Waals surface area contributed by atoms with Gasteiger partial charge in [0.15, 0.2) is 5.13 Å². The number of amides is 1. The minimum absolute atomic E-state index is 0.108.